The predicted octanol–water partition coefficient (Wildman–Crippen LogP) is 4.02. The molecule has 6 heteroatoms. The van der Waals surface area contributed by atoms with Crippen molar-refractivity contribution >= 4 is 29.2 Å². The smallest absolute Gasteiger partial charge is 0.338 e. The fourth-order valence-electron chi connectivity index (χ4n) is 2.99. The fourth-order valence-corrected chi connectivity index (χ4v) is 3.17. The first-order valence-corrected chi connectivity index (χ1v) is 8.83. The maximum Gasteiger partial charge on any atom is 0.338 e. The summed E-state index contributed by atoms with van der Waals surface area (Å²) >= 11 is 5.96. The summed E-state index contributed by atoms with van der Waals surface area (Å²) in [5.74, 6) is -0.500. The van der Waals surface area contributed by atoms with Gasteiger partial charge in [0.25, 0.3) is 5.91 Å². The van der Waals surface area contributed by atoms with Crippen LogP contribution in [0, 0.1) is 0 Å². The minimum atomic E-state index is -0.959. The van der Waals surface area contributed by atoms with Gasteiger partial charge in [-0.3, -0.25) is 4.79 Å². The number of esters is 1. The average Bonchev–Trinajstić information content (AvgIpc) is 3.09. The van der Waals surface area contributed by atoms with Crippen LogP contribution in [0.25, 0.3) is 0 Å². The van der Waals surface area contributed by atoms with E-state index in [1.54, 1.807) is 24.3 Å². The predicted molar refractivity (Wildman–Crippen MR) is 100.0 cm³/mol. The first-order valence-electron chi connectivity index (χ1n) is 8.45. The van der Waals surface area contributed by atoms with E-state index in [-0.39, 0.29) is 0 Å². The Hall–Kier alpha value is -2.53. The summed E-state index contributed by atoms with van der Waals surface area (Å²) in [6.45, 7) is 1.53. The minimum absolute atomic E-state index is 0.422. The number of anilines is 1. The third-order valence-corrected chi connectivity index (χ3v) is 4.64. The second kappa shape index (κ2) is 7.79. The standard InChI is InChI=1S/C20H20ClNO4/c1-12(19(23)22-17-11-16(21)8-9-18(17)25-2)26-20(24)15-7-6-13-4-3-5-14(13)10-15/h6-12H,3-5H2,1-2H3,(H,22,23)/t12-/m1/s1. The van der Waals surface area contributed by atoms with Crippen molar-refractivity contribution in [2.24, 2.45) is 0 Å². The maximum atomic E-state index is 12.4. The Labute approximate surface area is 157 Å². The molecular formula is C20H20ClNO4. The molecular weight excluding hydrogens is 354 g/mol. The van der Waals surface area contributed by atoms with Gasteiger partial charge < -0.3 is 14.8 Å². The van der Waals surface area contributed by atoms with Crippen molar-refractivity contribution in [3.63, 3.8) is 0 Å². The number of amides is 1. The molecule has 1 atom stereocenters. The van der Waals surface area contributed by atoms with Crippen LogP contribution in [-0.4, -0.2) is 25.1 Å². The van der Waals surface area contributed by atoms with Crippen molar-refractivity contribution < 1.29 is 19.1 Å². The molecule has 1 aliphatic carbocycles. The summed E-state index contributed by atoms with van der Waals surface area (Å²) in [5.41, 5.74) is 3.34. The number of hydrogen-bond acceptors (Lipinski definition) is 4. The number of carbonyl (C=O) groups excluding carboxylic acids is 2. The van der Waals surface area contributed by atoms with Crippen LogP contribution in [0.3, 0.4) is 0 Å². The largest absolute Gasteiger partial charge is 0.495 e. The molecule has 1 amide bonds. The molecule has 0 unspecified atom stereocenters. The van der Waals surface area contributed by atoms with Crippen LogP contribution in [0.1, 0.15) is 34.8 Å². The third kappa shape index (κ3) is 3.99. The number of carbonyl (C=O) groups is 2. The molecule has 0 fully saturated rings. The van der Waals surface area contributed by atoms with Gasteiger partial charge in [0.2, 0.25) is 0 Å². The van der Waals surface area contributed by atoms with Crippen molar-refractivity contribution in [2.45, 2.75) is 32.3 Å². The number of aryl methyl sites for hydroxylation is 2. The highest BCUT2D eigenvalue weighted by atomic mass is 35.5. The molecule has 0 heterocycles. The van der Waals surface area contributed by atoms with E-state index < -0.39 is 18.0 Å². The van der Waals surface area contributed by atoms with Crippen molar-refractivity contribution in [2.75, 3.05) is 12.4 Å². The Bertz CT molecular complexity index is 850. The molecule has 136 valence electrons. The van der Waals surface area contributed by atoms with Gasteiger partial charge >= 0.3 is 5.97 Å². The Morgan fingerprint density at radius 1 is 1.12 bits per heavy atom. The monoisotopic (exact) mass is 373 g/mol. The van der Waals surface area contributed by atoms with Gasteiger partial charge in [0.15, 0.2) is 6.10 Å². The van der Waals surface area contributed by atoms with Gasteiger partial charge in [0.05, 0.1) is 18.4 Å². The Morgan fingerprint density at radius 3 is 2.65 bits per heavy atom. The van der Waals surface area contributed by atoms with E-state index in [2.05, 4.69) is 5.32 Å². The van der Waals surface area contributed by atoms with Crippen LogP contribution in [0.15, 0.2) is 36.4 Å². The molecule has 0 aliphatic heterocycles. The summed E-state index contributed by atoms with van der Waals surface area (Å²) in [6.07, 6.45) is 2.17. The van der Waals surface area contributed by atoms with E-state index >= 15 is 0 Å². The number of rotatable bonds is 5. The lowest BCUT2D eigenvalue weighted by molar-refractivity contribution is -0.123. The molecule has 0 radical (unpaired) electrons. The zero-order valence-electron chi connectivity index (χ0n) is 14.7. The van der Waals surface area contributed by atoms with Gasteiger partial charge in [-0.15, -0.1) is 0 Å². The highest BCUT2D eigenvalue weighted by molar-refractivity contribution is 6.31. The number of fused-ring (bicyclic) bond motifs is 1. The number of hydrogen-bond donors (Lipinski definition) is 1. The van der Waals surface area contributed by atoms with E-state index in [9.17, 15) is 9.59 Å². The highest BCUT2D eigenvalue weighted by Crippen LogP contribution is 2.28. The lowest BCUT2D eigenvalue weighted by Crippen LogP contribution is -2.30. The number of ether oxygens (including phenoxy) is 2. The number of halogens is 1. The summed E-state index contributed by atoms with van der Waals surface area (Å²) < 4.78 is 10.5. The van der Waals surface area contributed by atoms with Crippen LogP contribution >= 0.6 is 11.6 Å². The minimum Gasteiger partial charge on any atom is -0.495 e. The van der Waals surface area contributed by atoms with Crippen molar-refractivity contribution in [1.29, 1.82) is 0 Å². The molecule has 1 N–H and O–H groups in total. The van der Waals surface area contributed by atoms with Gasteiger partial charge in [-0.1, -0.05) is 17.7 Å². The van der Waals surface area contributed by atoms with E-state index in [4.69, 9.17) is 21.1 Å². The lowest BCUT2D eigenvalue weighted by atomic mass is 10.1. The van der Waals surface area contributed by atoms with Crippen molar-refractivity contribution in [1.82, 2.24) is 0 Å². The number of methoxy groups -OCH3 is 1. The molecule has 0 saturated heterocycles. The zero-order valence-corrected chi connectivity index (χ0v) is 15.4. The van der Waals surface area contributed by atoms with Crippen LogP contribution in [0.2, 0.25) is 5.02 Å². The molecule has 0 bridgehead atoms. The molecule has 26 heavy (non-hydrogen) atoms. The van der Waals surface area contributed by atoms with E-state index in [0.717, 1.165) is 19.3 Å². The average molecular weight is 374 g/mol. The maximum absolute atomic E-state index is 12.4. The van der Waals surface area contributed by atoms with Gasteiger partial charge in [0, 0.05) is 5.02 Å². The molecule has 0 saturated carbocycles. The molecule has 0 spiro atoms. The van der Waals surface area contributed by atoms with E-state index in [1.807, 2.05) is 12.1 Å². The summed E-state index contributed by atoms with van der Waals surface area (Å²) in [5, 5.41) is 3.14. The molecule has 2 aromatic rings. The van der Waals surface area contributed by atoms with Crippen molar-refractivity contribution in [3.05, 3.63) is 58.1 Å². The summed E-state index contributed by atoms with van der Waals surface area (Å²) in [6, 6.07) is 10.5. The van der Waals surface area contributed by atoms with E-state index in [0.29, 0.717) is 22.0 Å². The van der Waals surface area contributed by atoms with Gasteiger partial charge in [-0.25, -0.2) is 4.79 Å². The fraction of sp³-hybridized carbons (Fsp3) is 0.300. The van der Waals surface area contributed by atoms with E-state index in [1.165, 1.54) is 25.2 Å². The Balaban J connectivity index is 1.66. The van der Waals surface area contributed by atoms with Gasteiger partial charge in [-0.2, -0.15) is 0 Å². The number of nitrogens with one attached hydrogen (secondary N) is 1. The zero-order chi connectivity index (χ0) is 18.7. The molecule has 2 aromatic carbocycles. The van der Waals surface area contributed by atoms with Crippen LogP contribution < -0.4 is 10.1 Å². The first-order chi connectivity index (χ1) is 12.5. The third-order valence-electron chi connectivity index (χ3n) is 4.41. The molecule has 3 rings (SSSR count). The first kappa shape index (κ1) is 18.3. The van der Waals surface area contributed by atoms with Gasteiger partial charge in [0.1, 0.15) is 5.75 Å². The molecule has 0 aromatic heterocycles. The Kier molecular flexibility index (Phi) is 5.47. The second-order valence-corrected chi connectivity index (χ2v) is 6.65. The van der Waals surface area contributed by atoms with Crippen LogP contribution in [0.4, 0.5) is 5.69 Å². The Morgan fingerprint density at radius 2 is 1.88 bits per heavy atom. The SMILES string of the molecule is COc1ccc(Cl)cc1NC(=O)[C@@H](C)OC(=O)c1ccc2c(c1)CCC2. The lowest BCUT2D eigenvalue weighted by Gasteiger charge is -2.15. The second-order valence-electron chi connectivity index (χ2n) is 6.22. The molecule has 1 aliphatic rings. The highest BCUT2D eigenvalue weighted by Gasteiger charge is 2.21. The normalized spacial score (nSPS) is 13.7. The summed E-state index contributed by atoms with van der Waals surface area (Å²) in [4.78, 5) is 24.7. The number of benzene rings is 2. The molecule has 5 nitrogen and oxygen atoms in total. The van der Waals surface area contributed by atoms with Gasteiger partial charge in [-0.05, 0) is 67.6 Å². The topological polar surface area (TPSA) is 64.6 Å². The van der Waals surface area contributed by atoms with Crippen molar-refractivity contribution in [3.8, 4) is 5.75 Å². The van der Waals surface area contributed by atoms with Crippen LogP contribution in [0.5, 0.6) is 5.75 Å². The quantitative estimate of drug-likeness (QED) is 0.804. The van der Waals surface area contributed by atoms with Crippen LogP contribution in [-0.2, 0) is 22.4 Å². The summed E-state index contributed by atoms with van der Waals surface area (Å²) in [7, 11) is 1.50.